The van der Waals surface area contributed by atoms with Crippen molar-refractivity contribution < 1.29 is 55.1 Å². The molecular formula is C11H20O11. The highest BCUT2D eigenvalue weighted by Crippen LogP contribution is 2.32. The van der Waals surface area contributed by atoms with Gasteiger partial charge in [-0.1, -0.05) is 0 Å². The Morgan fingerprint density at radius 1 is 0.955 bits per heavy atom. The second kappa shape index (κ2) is 6.59. The lowest BCUT2D eigenvalue weighted by Gasteiger charge is -2.47. The highest BCUT2D eigenvalue weighted by molar-refractivity contribution is 4.93. The summed E-state index contributed by atoms with van der Waals surface area (Å²) in [5.41, 5.74) is 0. The van der Waals surface area contributed by atoms with E-state index in [1.807, 2.05) is 0 Å². The third-order valence-electron chi connectivity index (χ3n) is 3.67. The lowest BCUT2D eigenvalue weighted by molar-refractivity contribution is -0.485. The van der Waals surface area contributed by atoms with Crippen LogP contribution in [-0.4, -0.2) is 109 Å². The van der Waals surface area contributed by atoms with E-state index in [0.717, 1.165) is 0 Å². The summed E-state index contributed by atoms with van der Waals surface area (Å²) in [6, 6.07) is 0. The van der Waals surface area contributed by atoms with Crippen molar-refractivity contribution in [2.24, 2.45) is 0 Å². The maximum absolute atomic E-state index is 10.1. The van der Waals surface area contributed by atoms with Crippen molar-refractivity contribution >= 4 is 0 Å². The summed E-state index contributed by atoms with van der Waals surface area (Å²) in [6.07, 6.45) is -13.7. The van der Waals surface area contributed by atoms with Crippen LogP contribution in [0.3, 0.4) is 0 Å². The van der Waals surface area contributed by atoms with E-state index in [0.29, 0.717) is 0 Å². The summed E-state index contributed by atoms with van der Waals surface area (Å²) in [5.74, 6) is -2.92. The van der Waals surface area contributed by atoms with E-state index in [-0.39, 0.29) is 0 Å². The average molecular weight is 328 g/mol. The molecule has 0 bridgehead atoms. The Morgan fingerprint density at radius 2 is 1.59 bits per heavy atom. The predicted octanol–water partition coefficient (Wildman–Crippen LogP) is -5.44. The molecule has 2 rings (SSSR count). The first kappa shape index (κ1) is 17.9. The first-order chi connectivity index (χ1) is 10.2. The number of ether oxygens (including phenoxy) is 3. The normalized spacial score (nSPS) is 53.5. The maximum Gasteiger partial charge on any atom is 0.313 e. The highest BCUT2D eigenvalue weighted by atomic mass is 16.9. The van der Waals surface area contributed by atoms with Crippen molar-refractivity contribution in [2.45, 2.75) is 55.0 Å². The fourth-order valence-electron chi connectivity index (χ4n) is 2.27. The van der Waals surface area contributed by atoms with Crippen LogP contribution in [0.25, 0.3) is 0 Å². The molecule has 0 aromatic carbocycles. The lowest BCUT2D eigenvalue weighted by Crippen LogP contribution is -2.68. The van der Waals surface area contributed by atoms with E-state index in [4.69, 9.17) is 19.3 Å². The number of aliphatic hydroxyl groups excluding tert-OH is 7. The molecule has 130 valence electrons. The zero-order valence-corrected chi connectivity index (χ0v) is 11.3. The van der Waals surface area contributed by atoms with Crippen LogP contribution in [0.15, 0.2) is 0 Å². The van der Waals surface area contributed by atoms with Gasteiger partial charge >= 0.3 is 5.97 Å². The SMILES string of the molecule is OC[C@H]1O[C@](O)(O[C@H]2OC[C@@H](O)[C@H](O)[C@H]2O)[C@H](O)[C@@H](O)[C@@H]1O. The average Bonchev–Trinajstić information content (AvgIpc) is 2.50. The standard InChI is InChI=1S/C11H20O11/c12-1-4-6(15)7(16)9(18)11(19,21-4)22-10-8(17)5(14)3(13)2-20-10/h3-10,12-19H,1-2H2/t3-,4-,5+,6-,7+,8-,9-,10-,11+/m1/s1. The van der Waals surface area contributed by atoms with Gasteiger partial charge in [-0.05, 0) is 0 Å². The Bertz CT molecular complexity index is 379. The van der Waals surface area contributed by atoms with Crippen LogP contribution in [0.4, 0.5) is 0 Å². The molecular weight excluding hydrogens is 308 g/mol. The fraction of sp³-hybridized carbons (Fsp3) is 1.00. The minimum Gasteiger partial charge on any atom is -0.394 e. The molecule has 0 aromatic rings. The van der Waals surface area contributed by atoms with Crippen molar-refractivity contribution in [3.8, 4) is 0 Å². The molecule has 0 radical (unpaired) electrons. The summed E-state index contributed by atoms with van der Waals surface area (Å²) >= 11 is 0. The van der Waals surface area contributed by atoms with Crippen LogP contribution in [-0.2, 0) is 14.2 Å². The zero-order valence-electron chi connectivity index (χ0n) is 11.3. The summed E-state index contributed by atoms with van der Waals surface area (Å²) in [5, 5.41) is 76.7. The molecule has 0 aromatic heterocycles. The summed E-state index contributed by atoms with van der Waals surface area (Å²) in [6.45, 7) is -1.23. The Morgan fingerprint density at radius 3 is 2.18 bits per heavy atom. The Kier molecular flexibility index (Phi) is 5.36. The first-order valence-corrected chi connectivity index (χ1v) is 6.60. The molecule has 2 aliphatic rings. The maximum atomic E-state index is 10.1. The molecule has 8 N–H and O–H groups in total. The molecule has 2 fully saturated rings. The van der Waals surface area contributed by atoms with Crippen LogP contribution in [0, 0.1) is 0 Å². The first-order valence-electron chi connectivity index (χ1n) is 6.60. The third-order valence-corrected chi connectivity index (χ3v) is 3.67. The molecule has 0 unspecified atom stereocenters. The molecule has 2 saturated heterocycles. The topological polar surface area (TPSA) is 190 Å². The van der Waals surface area contributed by atoms with Crippen molar-refractivity contribution in [3.63, 3.8) is 0 Å². The van der Waals surface area contributed by atoms with Crippen LogP contribution in [0.2, 0.25) is 0 Å². The van der Waals surface area contributed by atoms with Crippen molar-refractivity contribution in [1.29, 1.82) is 0 Å². The van der Waals surface area contributed by atoms with Gasteiger partial charge in [-0.15, -0.1) is 0 Å². The summed E-state index contributed by atoms with van der Waals surface area (Å²) < 4.78 is 14.6. The molecule has 2 aliphatic heterocycles. The largest absolute Gasteiger partial charge is 0.394 e. The molecule has 11 heteroatoms. The highest BCUT2D eigenvalue weighted by Gasteiger charge is 2.56. The van der Waals surface area contributed by atoms with Crippen LogP contribution < -0.4 is 0 Å². The summed E-state index contributed by atoms with van der Waals surface area (Å²) in [4.78, 5) is 0. The monoisotopic (exact) mass is 328 g/mol. The van der Waals surface area contributed by atoms with Crippen LogP contribution >= 0.6 is 0 Å². The Hall–Kier alpha value is -0.440. The molecule has 0 spiro atoms. The minimum atomic E-state index is -2.92. The van der Waals surface area contributed by atoms with Gasteiger partial charge in [0.1, 0.15) is 36.6 Å². The number of hydrogen-bond acceptors (Lipinski definition) is 11. The molecule has 0 aliphatic carbocycles. The fourth-order valence-corrected chi connectivity index (χ4v) is 2.27. The van der Waals surface area contributed by atoms with E-state index in [2.05, 4.69) is 0 Å². The molecule has 11 nitrogen and oxygen atoms in total. The zero-order chi connectivity index (χ0) is 16.7. The van der Waals surface area contributed by atoms with Gasteiger partial charge in [-0.3, -0.25) is 4.74 Å². The Balaban J connectivity index is 2.12. The van der Waals surface area contributed by atoms with Crippen molar-refractivity contribution in [1.82, 2.24) is 0 Å². The van der Waals surface area contributed by atoms with E-state index < -0.39 is 68.2 Å². The number of rotatable bonds is 3. The van der Waals surface area contributed by atoms with Gasteiger partial charge in [0.05, 0.1) is 13.2 Å². The molecule has 2 heterocycles. The number of hydrogen-bond donors (Lipinski definition) is 8. The molecule has 0 saturated carbocycles. The van der Waals surface area contributed by atoms with E-state index in [1.54, 1.807) is 0 Å². The number of aliphatic hydroxyl groups is 8. The Labute approximate surface area is 124 Å². The van der Waals surface area contributed by atoms with Crippen LogP contribution in [0.5, 0.6) is 0 Å². The molecule has 22 heavy (non-hydrogen) atoms. The van der Waals surface area contributed by atoms with E-state index in [9.17, 15) is 35.7 Å². The van der Waals surface area contributed by atoms with Crippen LogP contribution in [0.1, 0.15) is 0 Å². The van der Waals surface area contributed by atoms with Gasteiger partial charge < -0.3 is 50.3 Å². The van der Waals surface area contributed by atoms with Gasteiger partial charge in [0, 0.05) is 0 Å². The van der Waals surface area contributed by atoms with Gasteiger partial charge in [-0.2, -0.15) is 0 Å². The molecule has 9 atom stereocenters. The van der Waals surface area contributed by atoms with Gasteiger partial charge in [0.2, 0.25) is 0 Å². The van der Waals surface area contributed by atoms with Gasteiger partial charge in [0.25, 0.3) is 0 Å². The van der Waals surface area contributed by atoms with E-state index >= 15 is 0 Å². The summed E-state index contributed by atoms with van der Waals surface area (Å²) in [7, 11) is 0. The van der Waals surface area contributed by atoms with Crippen molar-refractivity contribution in [2.75, 3.05) is 13.2 Å². The minimum absolute atomic E-state index is 0.427. The van der Waals surface area contributed by atoms with Gasteiger partial charge in [0.15, 0.2) is 12.4 Å². The quantitative estimate of drug-likeness (QED) is 0.231. The smallest absolute Gasteiger partial charge is 0.313 e. The van der Waals surface area contributed by atoms with Crippen molar-refractivity contribution in [3.05, 3.63) is 0 Å². The van der Waals surface area contributed by atoms with Gasteiger partial charge in [-0.25, -0.2) is 0 Å². The second-order valence-corrected chi connectivity index (χ2v) is 5.26. The second-order valence-electron chi connectivity index (χ2n) is 5.26. The lowest BCUT2D eigenvalue weighted by atomic mass is 9.97. The molecule has 0 amide bonds. The predicted molar refractivity (Wildman–Crippen MR) is 63.8 cm³/mol. The third kappa shape index (κ3) is 3.11. The van der Waals surface area contributed by atoms with E-state index in [1.165, 1.54) is 0 Å².